The van der Waals surface area contributed by atoms with Crippen molar-refractivity contribution in [2.75, 3.05) is 13.1 Å². The van der Waals surface area contributed by atoms with Gasteiger partial charge in [-0.1, -0.05) is 37.3 Å². The number of hydrogen-bond donors (Lipinski definition) is 2. The number of nitrogens with two attached hydrogens (primary N) is 1. The van der Waals surface area contributed by atoms with Gasteiger partial charge in [0.2, 0.25) is 0 Å². The number of nitrogens with one attached hydrogen (secondary N) is 1. The number of Topliss-reactive ketones (excluding diaryl/α,β-unsaturated/α-hetero) is 1. The molecule has 0 unspecified atom stereocenters. The smallest absolute Gasteiger partial charge is 0.407 e. The molecule has 0 aromatic heterocycles. The van der Waals surface area contributed by atoms with Crippen LogP contribution in [0.2, 0.25) is 0 Å². The summed E-state index contributed by atoms with van der Waals surface area (Å²) in [5.74, 6) is -0.0466. The first kappa shape index (κ1) is 23.8. The van der Waals surface area contributed by atoms with E-state index in [1.165, 1.54) is 11.8 Å². The van der Waals surface area contributed by atoms with E-state index in [4.69, 9.17) is 10.5 Å². The van der Waals surface area contributed by atoms with Crippen LogP contribution in [0.15, 0.2) is 40.2 Å². The molecule has 1 aromatic carbocycles. The molecule has 0 radical (unpaired) electrons. The number of carbonyl (C=O) groups is 2. The van der Waals surface area contributed by atoms with Gasteiger partial charge in [0.25, 0.3) is 0 Å². The van der Waals surface area contributed by atoms with Crippen molar-refractivity contribution in [1.82, 2.24) is 5.32 Å². The Morgan fingerprint density at radius 1 is 1.29 bits per heavy atom. The Morgan fingerprint density at radius 3 is 2.57 bits per heavy atom. The molecule has 0 fully saturated rings. The molecule has 0 spiro atoms. The topological polar surface area (TPSA) is 93.8 Å². The number of allylic oxidation sites excluding steroid dienone is 2. The summed E-state index contributed by atoms with van der Waals surface area (Å²) in [6.45, 7) is 10.2. The lowest BCUT2D eigenvalue weighted by atomic mass is 10.0. The second-order valence-electron chi connectivity index (χ2n) is 7.10. The number of rotatable bonds is 8. The average Bonchev–Trinajstić information content (AvgIpc) is 2.63. The minimum Gasteiger partial charge on any atom is -0.444 e. The molecule has 3 N–H and O–H groups in total. The number of carbonyl (C=O) groups excluding carboxylic acids is 2. The van der Waals surface area contributed by atoms with Crippen molar-refractivity contribution in [3.05, 3.63) is 46.4 Å². The van der Waals surface area contributed by atoms with E-state index in [0.29, 0.717) is 35.1 Å². The molecule has 0 saturated heterocycles. The Kier molecular flexibility index (Phi) is 9.79. The van der Waals surface area contributed by atoms with Gasteiger partial charge in [0.1, 0.15) is 5.60 Å². The lowest BCUT2D eigenvalue weighted by Gasteiger charge is -2.19. The predicted octanol–water partition coefficient (Wildman–Crippen LogP) is 4.30. The van der Waals surface area contributed by atoms with Crippen molar-refractivity contribution < 1.29 is 14.3 Å². The number of amides is 1. The molecule has 0 bridgehead atoms. The number of alkyl carbamates (subject to hydrolysis) is 1. The molecule has 0 aliphatic heterocycles. The van der Waals surface area contributed by atoms with Gasteiger partial charge in [0.15, 0.2) is 11.0 Å². The van der Waals surface area contributed by atoms with Crippen LogP contribution in [0.25, 0.3) is 0 Å². The molecule has 0 saturated carbocycles. The van der Waals surface area contributed by atoms with Gasteiger partial charge in [0, 0.05) is 18.7 Å². The minimum atomic E-state index is -0.519. The maximum Gasteiger partial charge on any atom is 0.407 e. The van der Waals surface area contributed by atoms with Crippen molar-refractivity contribution >= 4 is 28.8 Å². The Balaban J connectivity index is 2.52. The van der Waals surface area contributed by atoms with Crippen LogP contribution in [0.3, 0.4) is 0 Å². The molecule has 7 heteroatoms. The van der Waals surface area contributed by atoms with Crippen molar-refractivity contribution in [3.8, 4) is 0 Å². The molecule has 6 nitrogen and oxygen atoms in total. The van der Waals surface area contributed by atoms with Crippen molar-refractivity contribution in [2.45, 2.75) is 53.1 Å². The zero-order valence-electron chi connectivity index (χ0n) is 17.4. The van der Waals surface area contributed by atoms with Gasteiger partial charge in [-0.15, -0.1) is 0 Å². The van der Waals surface area contributed by atoms with Crippen LogP contribution in [-0.4, -0.2) is 35.7 Å². The normalized spacial score (nSPS) is 12.6. The zero-order chi connectivity index (χ0) is 21.2. The summed E-state index contributed by atoms with van der Waals surface area (Å²) in [6, 6.07) is 7.58. The van der Waals surface area contributed by atoms with Gasteiger partial charge in [-0.3, -0.25) is 9.79 Å². The molecule has 154 valence electrons. The summed E-state index contributed by atoms with van der Waals surface area (Å²) in [7, 11) is 0. The molecule has 1 amide bonds. The number of nitrogens with zero attached hydrogens (tertiary/aromatic N) is 1. The third-order valence-electron chi connectivity index (χ3n) is 3.61. The van der Waals surface area contributed by atoms with Gasteiger partial charge in [0.05, 0.1) is 4.91 Å². The van der Waals surface area contributed by atoms with Crippen molar-refractivity contribution in [2.24, 2.45) is 10.7 Å². The number of ketones is 1. The maximum absolute atomic E-state index is 12.8. The number of aliphatic imine (C=N–C) groups is 1. The highest BCUT2D eigenvalue weighted by atomic mass is 32.2. The predicted molar refractivity (Wildman–Crippen MR) is 117 cm³/mol. The summed E-state index contributed by atoms with van der Waals surface area (Å²) in [6.07, 6.45) is 2.72. The second-order valence-corrected chi connectivity index (χ2v) is 8.16. The van der Waals surface area contributed by atoms with Crippen LogP contribution in [0.4, 0.5) is 4.79 Å². The number of benzene rings is 1. The van der Waals surface area contributed by atoms with E-state index in [0.717, 1.165) is 12.0 Å². The molecule has 0 heterocycles. The molecular weight excluding hydrogens is 374 g/mol. The van der Waals surface area contributed by atoms with E-state index in [9.17, 15) is 9.59 Å². The van der Waals surface area contributed by atoms with E-state index >= 15 is 0 Å². The number of amidine groups is 1. The van der Waals surface area contributed by atoms with E-state index in [-0.39, 0.29) is 5.78 Å². The third kappa shape index (κ3) is 8.61. The SMILES string of the molecule is C/C=C(/SC(N)=NCCCNC(=O)OC(C)(C)C)C(=O)c1ccccc1CC. The standard InChI is InChI=1S/C21H31N3O3S/c1-6-15-11-8-9-12-16(15)18(25)17(7-2)28-19(22)23-13-10-14-24-20(26)27-21(3,4)5/h7-9,11-12H,6,10,13-14H2,1-5H3,(H2,22,23)(H,24,26)/b17-7+. The van der Waals surface area contributed by atoms with Gasteiger partial charge in [-0.2, -0.15) is 0 Å². The first-order chi connectivity index (χ1) is 13.2. The Hall–Kier alpha value is -2.28. The number of ether oxygens (including phenoxy) is 1. The fourth-order valence-corrected chi connectivity index (χ4v) is 3.04. The van der Waals surface area contributed by atoms with E-state index in [2.05, 4.69) is 10.3 Å². The van der Waals surface area contributed by atoms with Crippen LogP contribution in [0.5, 0.6) is 0 Å². The third-order valence-corrected chi connectivity index (χ3v) is 4.59. The summed E-state index contributed by atoms with van der Waals surface area (Å²) in [5, 5.41) is 3.00. The van der Waals surface area contributed by atoms with Crippen molar-refractivity contribution in [3.63, 3.8) is 0 Å². The van der Waals surface area contributed by atoms with Crippen LogP contribution in [0.1, 0.15) is 57.0 Å². The highest BCUT2D eigenvalue weighted by Gasteiger charge is 2.17. The van der Waals surface area contributed by atoms with Crippen LogP contribution in [-0.2, 0) is 11.2 Å². The summed E-state index contributed by atoms with van der Waals surface area (Å²) < 4.78 is 5.16. The molecule has 28 heavy (non-hydrogen) atoms. The van der Waals surface area contributed by atoms with Crippen LogP contribution in [0, 0.1) is 0 Å². The molecule has 0 atom stereocenters. The molecule has 0 aliphatic carbocycles. The monoisotopic (exact) mass is 405 g/mol. The van der Waals surface area contributed by atoms with Gasteiger partial charge >= 0.3 is 6.09 Å². The van der Waals surface area contributed by atoms with E-state index in [1.54, 1.807) is 6.08 Å². The largest absolute Gasteiger partial charge is 0.444 e. The molecular formula is C21H31N3O3S. The zero-order valence-corrected chi connectivity index (χ0v) is 18.2. The van der Waals surface area contributed by atoms with E-state index in [1.807, 2.05) is 58.9 Å². The second kappa shape index (κ2) is 11.5. The number of thioether (sulfide) groups is 1. The summed E-state index contributed by atoms with van der Waals surface area (Å²) in [4.78, 5) is 29.2. The van der Waals surface area contributed by atoms with Gasteiger partial charge < -0.3 is 15.8 Å². The first-order valence-electron chi connectivity index (χ1n) is 9.41. The lowest BCUT2D eigenvalue weighted by Crippen LogP contribution is -2.33. The molecule has 1 rings (SSSR count). The van der Waals surface area contributed by atoms with Crippen LogP contribution < -0.4 is 11.1 Å². The summed E-state index contributed by atoms with van der Waals surface area (Å²) in [5.41, 5.74) is 7.16. The first-order valence-corrected chi connectivity index (χ1v) is 10.2. The van der Waals surface area contributed by atoms with Gasteiger partial charge in [-0.25, -0.2) is 4.79 Å². The fourth-order valence-electron chi connectivity index (χ4n) is 2.34. The molecule has 0 aliphatic rings. The Morgan fingerprint density at radius 2 is 1.96 bits per heavy atom. The minimum absolute atomic E-state index is 0.0466. The van der Waals surface area contributed by atoms with Gasteiger partial charge in [-0.05, 0) is 57.9 Å². The average molecular weight is 406 g/mol. The maximum atomic E-state index is 12.8. The highest BCUT2D eigenvalue weighted by Crippen LogP contribution is 2.23. The summed E-state index contributed by atoms with van der Waals surface area (Å²) >= 11 is 1.17. The van der Waals surface area contributed by atoms with Crippen LogP contribution >= 0.6 is 11.8 Å². The fraction of sp³-hybridized carbons (Fsp3) is 0.476. The highest BCUT2D eigenvalue weighted by molar-refractivity contribution is 8.17. The lowest BCUT2D eigenvalue weighted by molar-refractivity contribution is 0.0527. The van der Waals surface area contributed by atoms with Crippen molar-refractivity contribution in [1.29, 1.82) is 0 Å². The quantitative estimate of drug-likeness (QED) is 0.221. The van der Waals surface area contributed by atoms with E-state index < -0.39 is 11.7 Å². The Labute approximate surface area is 172 Å². The Bertz CT molecular complexity index is 737. The molecule has 1 aromatic rings. The number of hydrogen-bond acceptors (Lipinski definition) is 5. The number of aryl methyl sites for hydroxylation is 1.